The Morgan fingerprint density at radius 1 is 1.19 bits per heavy atom. The molecule has 1 rings (SSSR count). The molecule has 0 fully saturated rings. The van der Waals surface area contributed by atoms with Crippen molar-refractivity contribution >= 4 is 5.97 Å². The van der Waals surface area contributed by atoms with Gasteiger partial charge in [-0.25, -0.2) is 13.2 Å². The zero-order valence-corrected chi connectivity index (χ0v) is 8.08. The van der Waals surface area contributed by atoms with Crippen LogP contribution in [0.4, 0.5) is 13.2 Å². The molecule has 2 N–H and O–H groups in total. The lowest BCUT2D eigenvalue weighted by Crippen LogP contribution is -2.16. The van der Waals surface area contributed by atoms with Crippen LogP contribution in [0.15, 0.2) is 12.1 Å². The maximum absolute atomic E-state index is 13.1. The van der Waals surface area contributed by atoms with E-state index in [0.717, 1.165) is 0 Å². The van der Waals surface area contributed by atoms with Crippen LogP contribution in [-0.4, -0.2) is 22.3 Å². The molecular formula is C10H9F3O3. The lowest BCUT2D eigenvalue weighted by molar-refractivity contribution is -0.139. The molecule has 1 atom stereocenters. The van der Waals surface area contributed by atoms with Crippen molar-refractivity contribution < 1.29 is 28.2 Å². The third-order valence-corrected chi connectivity index (χ3v) is 1.96. The van der Waals surface area contributed by atoms with Gasteiger partial charge in [-0.1, -0.05) is 0 Å². The van der Waals surface area contributed by atoms with E-state index in [4.69, 9.17) is 5.11 Å². The molecule has 0 amide bonds. The highest BCUT2D eigenvalue weighted by molar-refractivity contribution is 5.67. The van der Waals surface area contributed by atoms with E-state index < -0.39 is 35.9 Å². The second kappa shape index (κ2) is 4.98. The molecule has 6 heteroatoms. The summed E-state index contributed by atoms with van der Waals surface area (Å²) in [5.74, 6) is -4.83. The summed E-state index contributed by atoms with van der Waals surface area (Å²) in [6, 6.07) is 0.966. The van der Waals surface area contributed by atoms with Crippen molar-refractivity contribution in [1.82, 2.24) is 0 Å². The van der Waals surface area contributed by atoms with Gasteiger partial charge in [0, 0.05) is 12.5 Å². The number of halogens is 3. The van der Waals surface area contributed by atoms with Crippen LogP contribution in [0.1, 0.15) is 12.0 Å². The first-order valence-electron chi connectivity index (χ1n) is 4.43. The Bertz CT molecular complexity index is 407. The number of rotatable bonds is 4. The van der Waals surface area contributed by atoms with E-state index in [2.05, 4.69) is 0 Å². The Balaban J connectivity index is 2.81. The van der Waals surface area contributed by atoms with E-state index in [0.29, 0.717) is 12.1 Å². The lowest BCUT2D eigenvalue weighted by atomic mass is 10.0. The summed E-state index contributed by atoms with van der Waals surface area (Å²) in [7, 11) is 0. The molecule has 0 heterocycles. The van der Waals surface area contributed by atoms with E-state index in [9.17, 15) is 23.1 Å². The van der Waals surface area contributed by atoms with E-state index in [1.165, 1.54) is 0 Å². The number of hydrogen-bond donors (Lipinski definition) is 2. The smallest absolute Gasteiger partial charge is 0.305 e. The average molecular weight is 234 g/mol. The number of benzene rings is 1. The Morgan fingerprint density at radius 2 is 1.75 bits per heavy atom. The predicted molar refractivity (Wildman–Crippen MR) is 48.3 cm³/mol. The summed E-state index contributed by atoms with van der Waals surface area (Å²) < 4.78 is 38.3. The van der Waals surface area contributed by atoms with E-state index in [1.807, 2.05) is 0 Å². The zero-order valence-electron chi connectivity index (χ0n) is 8.08. The van der Waals surface area contributed by atoms with Crippen molar-refractivity contribution in [3.8, 4) is 0 Å². The van der Waals surface area contributed by atoms with Crippen molar-refractivity contribution in [2.24, 2.45) is 0 Å². The van der Waals surface area contributed by atoms with Gasteiger partial charge in [0.15, 0.2) is 11.6 Å². The Labute approximate surface area is 89.1 Å². The van der Waals surface area contributed by atoms with Crippen LogP contribution in [0.25, 0.3) is 0 Å². The largest absolute Gasteiger partial charge is 0.481 e. The third kappa shape index (κ3) is 3.23. The number of carboxylic acids is 1. The Hall–Kier alpha value is -1.56. The standard InChI is InChI=1S/C10H9F3O3/c11-7-4-9(13)8(12)2-5(7)1-6(14)3-10(15)16/h2,4,6,14H,1,3H2,(H,15,16)/t6-/m1/s1. The summed E-state index contributed by atoms with van der Waals surface area (Å²) >= 11 is 0. The van der Waals surface area contributed by atoms with E-state index in [-0.39, 0.29) is 12.0 Å². The van der Waals surface area contributed by atoms with Crippen molar-refractivity contribution in [3.63, 3.8) is 0 Å². The minimum Gasteiger partial charge on any atom is -0.481 e. The summed E-state index contributed by atoms with van der Waals surface area (Å²) in [5.41, 5.74) is -0.257. The molecule has 3 nitrogen and oxygen atoms in total. The van der Waals surface area contributed by atoms with Crippen LogP contribution in [0.2, 0.25) is 0 Å². The summed E-state index contributed by atoms with van der Waals surface area (Å²) in [6.07, 6.45) is -2.30. The first-order chi connectivity index (χ1) is 7.40. The number of carbonyl (C=O) groups is 1. The SMILES string of the molecule is O=C(O)C[C@H](O)Cc1cc(F)c(F)cc1F. The third-order valence-electron chi connectivity index (χ3n) is 1.96. The molecule has 1 aromatic rings. The topological polar surface area (TPSA) is 57.5 Å². The highest BCUT2D eigenvalue weighted by atomic mass is 19.2. The Kier molecular flexibility index (Phi) is 3.89. The number of aliphatic hydroxyl groups excluding tert-OH is 1. The maximum Gasteiger partial charge on any atom is 0.305 e. The van der Waals surface area contributed by atoms with Crippen LogP contribution >= 0.6 is 0 Å². The van der Waals surface area contributed by atoms with Gasteiger partial charge < -0.3 is 10.2 Å². The van der Waals surface area contributed by atoms with Crippen LogP contribution in [0, 0.1) is 17.5 Å². The molecule has 0 aliphatic rings. The second-order valence-corrected chi connectivity index (χ2v) is 3.31. The molecule has 1 aromatic carbocycles. The van der Waals surface area contributed by atoms with E-state index >= 15 is 0 Å². The molecule has 0 bridgehead atoms. The van der Waals surface area contributed by atoms with Gasteiger partial charge in [-0.05, 0) is 11.6 Å². The van der Waals surface area contributed by atoms with E-state index in [1.54, 1.807) is 0 Å². The minimum absolute atomic E-state index is 0.257. The fraction of sp³-hybridized carbons (Fsp3) is 0.300. The molecule has 0 saturated heterocycles. The van der Waals surface area contributed by atoms with Crippen LogP contribution < -0.4 is 0 Å². The van der Waals surface area contributed by atoms with Gasteiger partial charge in [0.05, 0.1) is 12.5 Å². The summed E-state index contributed by atoms with van der Waals surface area (Å²) in [4.78, 5) is 10.2. The number of carboxylic acid groups (broad SMARTS) is 1. The highest BCUT2D eigenvalue weighted by Gasteiger charge is 2.15. The molecule has 0 aliphatic carbocycles. The van der Waals surface area contributed by atoms with Crippen LogP contribution in [-0.2, 0) is 11.2 Å². The van der Waals surface area contributed by atoms with Crippen molar-refractivity contribution in [2.75, 3.05) is 0 Å². The summed E-state index contributed by atoms with van der Waals surface area (Å²) in [6.45, 7) is 0. The molecule has 16 heavy (non-hydrogen) atoms. The molecule has 0 radical (unpaired) electrons. The van der Waals surface area contributed by atoms with Crippen molar-refractivity contribution in [2.45, 2.75) is 18.9 Å². The quantitative estimate of drug-likeness (QED) is 0.776. The van der Waals surface area contributed by atoms with Gasteiger partial charge in [0.25, 0.3) is 0 Å². The molecule has 88 valence electrons. The second-order valence-electron chi connectivity index (χ2n) is 3.31. The normalized spacial score (nSPS) is 12.5. The molecule has 0 aromatic heterocycles. The Morgan fingerprint density at radius 3 is 2.31 bits per heavy atom. The molecule has 0 saturated carbocycles. The fourth-order valence-corrected chi connectivity index (χ4v) is 1.25. The van der Waals surface area contributed by atoms with Gasteiger partial charge in [-0.3, -0.25) is 4.79 Å². The van der Waals surface area contributed by atoms with Gasteiger partial charge in [-0.15, -0.1) is 0 Å². The average Bonchev–Trinajstić information content (AvgIpc) is 2.12. The predicted octanol–water partition coefficient (Wildman–Crippen LogP) is 1.48. The number of hydrogen-bond acceptors (Lipinski definition) is 2. The lowest BCUT2D eigenvalue weighted by Gasteiger charge is -2.09. The minimum atomic E-state index is -1.34. The monoisotopic (exact) mass is 234 g/mol. The first kappa shape index (κ1) is 12.5. The molecule has 0 aliphatic heterocycles. The van der Waals surface area contributed by atoms with Crippen LogP contribution in [0.3, 0.4) is 0 Å². The van der Waals surface area contributed by atoms with Crippen molar-refractivity contribution in [1.29, 1.82) is 0 Å². The van der Waals surface area contributed by atoms with Gasteiger partial charge in [-0.2, -0.15) is 0 Å². The molecular weight excluding hydrogens is 225 g/mol. The maximum atomic E-state index is 13.1. The summed E-state index contributed by atoms with van der Waals surface area (Å²) in [5, 5.41) is 17.5. The number of aliphatic hydroxyl groups is 1. The van der Waals surface area contributed by atoms with Crippen molar-refractivity contribution in [3.05, 3.63) is 35.1 Å². The molecule has 0 spiro atoms. The first-order valence-corrected chi connectivity index (χ1v) is 4.43. The highest BCUT2D eigenvalue weighted by Crippen LogP contribution is 2.16. The van der Waals surface area contributed by atoms with Gasteiger partial charge in [0.2, 0.25) is 0 Å². The van der Waals surface area contributed by atoms with Gasteiger partial charge in [0.1, 0.15) is 5.82 Å². The fourth-order valence-electron chi connectivity index (χ4n) is 1.25. The zero-order chi connectivity index (χ0) is 12.3. The van der Waals surface area contributed by atoms with Crippen LogP contribution in [0.5, 0.6) is 0 Å². The number of aliphatic carboxylic acids is 1. The van der Waals surface area contributed by atoms with Gasteiger partial charge >= 0.3 is 5.97 Å². The molecule has 0 unspecified atom stereocenters.